The quantitative estimate of drug-likeness (QED) is 0.842. The number of carbonyl (C=O) groups is 1. The smallest absolute Gasteiger partial charge is 0.224 e. The molecule has 22 heavy (non-hydrogen) atoms. The molecule has 0 unspecified atom stereocenters. The highest BCUT2D eigenvalue weighted by molar-refractivity contribution is 5.78. The number of benzene rings is 1. The van der Waals surface area contributed by atoms with Crippen LogP contribution in [0.1, 0.15) is 39.2 Å². The number of carbonyl (C=O) groups excluding carboxylic acids is 1. The minimum Gasteiger partial charge on any atom is -0.494 e. The highest BCUT2D eigenvalue weighted by atomic mass is 16.5. The number of nitrogens with zero attached hydrogens (tertiary/aromatic N) is 1. The van der Waals surface area contributed by atoms with Crippen molar-refractivity contribution in [3.05, 3.63) is 29.8 Å². The summed E-state index contributed by atoms with van der Waals surface area (Å²) in [5.41, 5.74) is 1.05. The standard InChI is InChI=1S/C18H28N2O2/c1-4-22-16-9-7-15(8-10-16)13-17(21)19-14-18(2,3)20-11-5-6-12-20/h7-10H,4-6,11-14H2,1-3H3,(H,19,21). The second-order valence-electron chi connectivity index (χ2n) is 6.54. The van der Waals surface area contributed by atoms with E-state index in [0.717, 1.165) is 24.4 Å². The Morgan fingerprint density at radius 1 is 1.23 bits per heavy atom. The van der Waals surface area contributed by atoms with Gasteiger partial charge in [-0.1, -0.05) is 12.1 Å². The van der Waals surface area contributed by atoms with Crippen molar-refractivity contribution in [1.82, 2.24) is 10.2 Å². The third-order valence-corrected chi connectivity index (χ3v) is 4.28. The Morgan fingerprint density at radius 2 is 1.86 bits per heavy atom. The van der Waals surface area contributed by atoms with Crippen molar-refractivity contribution in [2.24, 2.45) is 0 Å². The summed E-state index contributed by atoms with van der Waals surface area (Å²) in [5.74, 6) is 0.929. The maximum Gasteiger partial charge on any atom is 0.224 e. The zero-order valence-corrected chi connectivity index (χ0v) is 14.0. The van der Waals surface area contributed by atoms with Gasteiger partial charge in [-0.2, -0.15) is 0 Å². The summed E-state index contributed by atoms with van der Waals surface area (Å²) in [6.07, 6.45) is 2.95. The van der Waals surface area contributed by atoms with Crippen LogP contribution < -0.4 is 10.1 Å². The van der Waals surface area contributed by atoms with Crippen LogP contribution in [0.5, 0.6) is 5.75 Å². The SMILES string of the molecule is CCOc1ccc(CC(=O)NCC(C)(C)N2CCCC2)cc1. The molecule has 1 amide bonds. The first-order valence-corrected chi connectivity index (χ1v) is 8.25. The normalized spacial score (nSPS) is 15.8. The van der Waals surface area contributed by atoms with Gasteiger partial charge in [-0.05, 0) is 64.4 Å². The van der Waals surface area contributed by atoms with Crippen LogP contribution in [0, 0.1) is 0 Å². The van der Waals surface area contributed by atoms with E-state index in [4.69, 9.17) is 4.74 Å². The Labute approximate surface area is 133 Å². The van der Waals surface area contributed by atoms with E-state index >= 15 is 0 Å². The molecule has 1 saturated heterocycles. The van der Waals surface area contributed by atoms with Crippen molar-refractivity contribution < 1.29 is 9.53 Å². The molecule has 0 atom stereocenters. The molecule has 0 saturated carbocycles. The number of hydrogen-bond acceptors (Lipinski definition) is 3. The summed E-state index contributed by atoms with van der Waals surface area (Å²) in [4.78, 5) is 14.6. The number of ether oxygens (including phenoxy) is 1. The van der Waals surface area contributed by atoms with Gasteiger partial charge in [0.2, 0.25) is 5.91 Å². The number of rotatable bonds is 7. The first-order valence-electron chi connectivity index (χ1n) is 8.25. The van der Waals surface area contributed by atoms with Gasteiger partial charge >= 0.3 is 0 Å². The van der Waals surface area contributed by atoms with Gasteiger partial charge < -0.3 is 10.1 Å². The molecule has 1 aliphatic heterocycles. The molecule has 1 aliphatic rings. The fourth-order valence-electron chi connectivity index (χ4n) is 2.87. The Balaban J connectivity index is 1.79. The fourth-order valence-corrected chi connectivity index (χ4v) is 2.87. The number of nitrogens with one attached hydrogen (secondary N) is 1. The van der Waals surface area contributed by atoms with Gasteiger partial charge in [0.25, 0.3) is 0 Å². The van der Waals surface area contributed by atoms with E-state index in [-0.39, 0.29) is 11.4 Å². The lowest BCUT2D eigenvalue weighted by Gasteiger charge is -2.35. The third kappa shape index (κ3) is 4.73. The number of amides is 1. The minimum atomic E-state index is 0.0327. The molecular weight excluding hydrogens is 276 g/mol. The molecule has 122 valence electrons. The second kappa shape index (κ2) is 7.63. The van der Waals surface area contributed by atoms with Gasteiger partial charge in [0.15, 0.2) is 0 Å². The van der Waals surface area contributed by atoms with Crippen molar-refractivity contribution in [2.75, 3.05) is 26.2 Å². The molecule has 2 rings (SSSR count). The van der Waals surface area contributed by atoms with Crippen molar-refractivity contribution in [1.29, 1.82) is 0 Å². The van der Waals surface area contributed by atoms with Crippen molar-refractivity contribution in [3.8, 4) is 5.75 Å². The monoisotopic (exact) mass is 304 g/mol. The van der Waals surface area contributed by atoms with Crippen LogP contribution >= 0.6 is 0 Å². The highest BCUT2D eigenvalue weighted by Gasteiger charge is 2.29. The van der Waals surface area contributed by atoms with Crippen LogP contribution in [0.4, 0.5) is 0 Å². The average Bonchev–Trinajstić information content (AvgIpc) is 3.03. The third-order valence-electron chi connectivity index (χ3n) is 4.28. The van der Waals surface area contributed by atoms with Crippen LogP contribution in [-0.4, -0.2) is 42.6 Å². The predicted octanol–water partition coefficient (Wildman–Crippen LogP) is 2.62. The molecule has 4 heteroatoms. The summed E-state index contributed by atoms with van der Waals surface area (Å²) in [7, 11) is 0. The Bertz CT molecular complexity index is 476. The summed E-state index contributed by atoms with van der Waals surface area (Å²) < 4.78 is 5.41. The highest BCUT2D eigenvalue weighted by Crippen LogP contribution is 2.20. The Kier molecular flexibility index (Phi) is 5.83. The maximum absolute atomic E-state index is 12.1. The lowest BCUT2D eigenvalue weighted by molar-refractivity contribution is -0.121. The van der Waals surface area contributed by atoms with Crippen molar-refractivity contribution >= 4 is 5.91 Å². The lowest BCUT2D eigenvalue weighted by atomic mass is 10.0. The van der Waals surface area contributed by atoms with Crippen molar-refractivity contribution in [2.45, 2.75) is 45.6 Å². The predicted molar refractivity (Wildman–Crippen MR) is 89.2 cm³/mol. The Morgan fingerprint density at radius 3 is 2.45 bits per heavy atom. The van der Waals surface area contributed by atoms with E-state index in [1.165, 1.54) is 12.8 Å². The number of likely N-dealkylation sites (tertiary alicyclic amines) is 1. The van der Waals surface area contributed by atoms with Crippen LogP contribution in [0.15, 0.2) is 24.3 Å². The molecule has 0 radical (unpaired) electrons. The maximum atomic E-state index is 12.1. The van der Waals surface area contributed by atoms with E-state index in [1.54, 1.807) is 0 Å². The summed E-state index contributed by atoms with van der Waals surface area (Å²) in [5, 5.41) is 3.08. The molecular formula is C18H28N2O2. The van der Waals surface area contributed by atoms with Gasteiger partial charge in [-0.25, -0.2) is 0 Å². The van der Waals surface area contributed by atoms with E-state index < -0.39 is 0 Å². The molecule has 0 spiro atoms. The first kappa shape index (κ1) is 16.8. The molecule has 1 fully saturated rings. The summed E-state index contributed by atoms with van der Waals surface area (Å²) in [6, 6.07) is 7.74. The largest absolute Gasteiger partial charge is 0.494 e. The molecule has 0 aliphatic carbocycles. The zero-order chi connectivity index (χ0) is 16.0. The van der Waals surface area contributed by atoms with Crippen LogP contribution in [0.25, 0.3) is 0 Å². The fraction of sp³-hybridized carbons (Fsp3) is 0.611. The summed E-state index contributed by atoms with van der Waals surface area (Å²) in [6.45, 7) is 10.0. The minimum absolute atomic E-state index is 0.0327. The molecule has 1 aromatic carbocycles. The zero-order valence-electron chi connectivity index (χ0n) is 14.0. The van der Waals surface area contributed by atoms with Gasteiger partial charge in [-0.3, -0.25) is 9.69 Å². The Hall–Kier alpha value is -1.55. The van der Waals surface area contributed by atoms with Gasteiger partial charge in [0.05, 0.1) is 13.0 Å². The van der Waals surface area contributed by atoms with Gasteiger partial charge in [0, 0.05) is 12.1 Å². The molecule has 1 N–H and O–H groups in total. The van der Waals surface area contributed by atoms with Crippen LogP contribution in [0.3, 0.4) is 0 Å². The van der Waals surface area contributed by atoms with E-state index in [0.29, 0.717) is 19.6 Å². The topological polar surface area (TPSA) is 41.6 Å². The van der Waals surface area contributed by atoms with Gasteiger partial charge in [-0.15, -0.1) is 0 Å². The van der Waals surface area contributed by atoms with E-state index in [2.05, 4.69) is 24.1 Å². The molecule has 0 aromatic heterocycles. The summed E-state index contributed by atoms with van der Waals surface area (Å²) >= 11 is 0. The number of hydrogen-bond donors (Lipinski definition) is 1. The molecule has 1 heterocycles. The molecule has 0 bridgehead atoms. The average molecular weight is 304 g/mol. The van der Waals surface area contributed by atoms with E-state index in [9.17, 15) is 4.79 Å². The van der Waals surface area contributed by atoms with Crippen LogP contribution in [-0.2, 0) is 11.2 Å². The van der Waals surface area contributed by atoms with Crippen LogP contribution in [0.2, 0.25) is 0 Å². The first-order chi connectivity index (χ1) is 10.5. The molecule has 1 aromatic rings. The van der Waals surface area contributed by atoms with Gasteiger partial charge in [0.1, 0.15) is 5.75 Å². The molecule has 4 nitrogen and oxygen atoms in total. The lowest BCUT2D eigenvalue weighted by Crippen LogP contribution is -2.50. The van der Waals surface area contributed by atoms with E-state index in [1.807, 2.05) is 31.2 Å². The second-order valence-corrected chi connectivity index (χ2v) is 6.54. The van der Waals surface area contributed by atoms with Crippen molar-refractivity contribution in [3.63, 3.8) is 0 Å².